The zero-order valence-corrected chi connectivity index (χ0v) is 16.4. The maximum Gasteiger partial charge on any atom is 0.352 e. The highest BCUT2D eigenvalue weighted by Gasteiger charge is 2.27. The number of amides is 1. The number of hydrogen-bond donors (Lipinski definition) is 1. The van der Waals surface area contributed by atoms with Crippen LogP contribution in [0.3, 0.4) is 0 Å². The van der Waals surface area contributed by atoms with Crippen LogP contribution in [0.1, 0.15) is 23.0 Å². The van der Waals surface area contributed by atoms with Crippen molar-refractivity contribution in [2.45, 2.75) is 19.9 Å². The molecule has 3 aromatic rings. The van der Waals surface area contributed by atoms with E-state index in [1.54, 1.807) is 10.8 Å². The largest absolute Gasteiger partial charge is 0.477 e. The number of pyridine rings is 1. The minimum atomic E-state index is -0.995. The average Bonchev–Trinajstić information content (AvgIpc) is 3.08. The summed E-state index contributed by atoms with van der Waals surface area (Å²) < 4.78 is 1.78. The van der Waals surface area contributed by atoms with E-state index >= 15 is 0 Å². The first-order valence-corrected chi connectivity index (χ1v) is 9.87. The summed E-state index contributed by atoms with van der Waals surface area (Å²) in [7, 11) is 0. The number of carboxylic acids is 1. The van der Waals surface area contributed by atoms with Crippen LogP contribution in [0.25, 0.3) is 10.9 Å². The lowest BCUT2D eigenvalue weighted by Crippen LogP contribution is -2.49. The van der Waals surface area contributed by atoms with E-state index in [1.165, 1.54) is 0 Å². The molecule has 7 heteroatoms. The van der Waals surface area contributed by atoms with E-state index in [-0.39, 0.29) is 18.0 Å². The lowest BCUT2D eigenvalue weighted by atomic mass is 10.1. The van der Waals surface area contributed by atoms with Gasteiger partial charge in [-0.15, -0.1) is 0 Å². The fourth-order valence-corrected chi connectivity index (χ4v) is 4.12. The zero-order valence-electron chi connectivity index (χ0n) is 16.4. The van der Waals surface area contributed by atoms with E-state index in [4.69, 9.17) is 0 Å². The molecule has 1 saturated heterocycles. The van der Waals surface area contributed by atoms with E-state index in [2.05, 4.69) is 9.88 Å². The number of carbonyl (C=O) groups is 2. The fraction of sp³-hybridized carbons (Fsp3) is 0.318. The second kappa shape index (κ2) is 7.95. The number of rotatable bonds is 5. The Balaban J connectivity index is 1.54. The number of aromatic nitrogens is 2. The van der Waals surface area contributed by atoms with E-state index in [0.717, 1.165) is 16.7 Å². The van der Waals surface area contributed by atoms with E-state index in [1.807, 2.05) is 54.3 Å². The van der Waals surface area contributed by atoms with Crippen molar-refractivity contribution in [3.8, 4) is 0 Å². The molecule has 4 rings (SSSR count). The van der Waals surface area contributed by atoms with Crippen LogP contribution in [0.5, 0.6) is 0 Å². The fourth-order valence-electron chi connectivity index (χ4n) is 4.12. The minimum Gasteiger partial charge on any atom is -0.477 e. The van der Waals surface area contributed by atoms with Crippen LogP contribution in [-0.2, 0) is 17.8 Å². The van der Waals surface area contributed by atoms with Crippen LogP contribution >= 0.6 is 0 Å². The average molecular weight is 392 g/mol. The van der Waals surface area contributed by atoms with Gasteiger partial charge in [-0.1, -0.05) is 24.3 Å². The van der Waals surface area contributed by atoms with Crippen molar-refractivity contribution in [3.05, 3.63) is 59.9 Å². The minimum absolute atomic E-state index is 0.0350. The first-order chi connectivity index (χ1) is 14.1. The van der Waals surface area contributed by atoms with E-state index in [0.29, 0.717) is 38.3 Å². The quantitative estimate of drug-likeness (QED) is 0.722. The van der Waals surface area contributed by atoms with Crippen molar-refractivity contribution in [3.63, 3.8) is 0 Å². The summed E-state index contributed by atoms with van der Waals surface area (Å²) in [6, 6.07) is 13.4. The molecule has 0 aliphatic carbocycles. The number of aryl methyl sites for hydroxylation is 1. The Labute approximate surface area is 169 Å². The number of hydrogen-bond acceptors (Lipinski definition) is 4. The molecule has 1 aromatic carbocycles. The maximum atomic E-state index is 13.0. The number of carboxylic acid groups (broad SMARTS) is 1. The second-order valence-electron chi connectivity index (χ2n) is 7.13. The molecule has 0 bridgehead atoms. The number of para-hydroxylation sites is 1. The lowest BCUT2D eigenvalue weighted by Gasteiger charge is -2.35. The number of carbonyl (C=O) groups excluding carboxylic acids is 1. The van der Waals surface area contributed by atoms with Crippen LogP contribution < -0.4 is 4.90 Å². The zero-order chi connectivity index (χ0) is 20.4. The Morgan fingerprint density at radius 3 is 2.41 bits per heavy atom. The van der Waals surface area contributed by atoms with Gasteiger partial charge in [-0.05, 0) is 25.1 Å². The maximum absolute atomic E-state index is 13.0. The molecule has 7 nitrogen and oxygen atoms in total. The van der Waals surface area contributed by atoms with Crippen molar-refractivity contribution in [2.24, 2.45) is 0 Å². The molecule has 1 aliphatic rings. The molecule has 1 N–H and O–H groups in total. The highest BCUT2D eigenvalue weighted by molar-refractivity contribution is 6.00. The highest BCUT2D eigenvalue weighted by Crippen LogP contribution is 2.27. The smallest absolute Gasteiger partial charge is 0.352 e. The van der Waals surface area contributed by atoms with Crippen molar-refractivity contribution >= 4 is 28.6 Å². The Kier molecular flexibility index (Phi) is 5.20. The molecule has 1 aliphatic heterocycles. The third-order valence-electron chi connectivity index (χ3n) is 5.53. The van der Waals surface area contributed by atoms with Gasteiger partial charge in [-0.25, -0.2) is 9.78 Å². The van der Waals surface area contributed by atoms with E-state index < -0.39 is 5.97 Å². The number of benzene rings is 1. The highest BCUT2D eigenvalue weighted by atomic mass is 16.4. The van der Waals surface area contributed by atoms with E-state index in [9.17, 15) is 14.7 Å². The van der Waals surface area contributed by atoms with Gasteiger partial charge in [0.15, 0.2) is 0 Å². The molecule has 0 unspecified atom stereocenters. The van der Waals surface area contributed by atoms with Gasteiger partial charge < -0.3 is 19.5 Å². The first-order valence-electron chi connectivity index (χ1n) is 9.87. The molecule has 2 aromatic heterocycles. The van der Waals surface area contributed by atoms with Crippen molar-refractivity contribution in [1.82, 2.24) is 14.5 Å². The van der Waals surface area contributed by atoms with Crippen molar-refractivity contribution in [1.29, 1.82) is 0 Å². The van der Waals surface area contributed by atoms with Crippen LogP contribution in [0.15, 0.2) is 48.7 Å². The summed E-state index contributed by atoms with van der Waals surface area (Å²) in [6.45, 7) is 5.09. The summed E-state index contributed by atoms with van der Waals surface area (Å²) in [5, 5.41) is 10.6. The van der Waals surface area contributed by atoms with Crippen LogP contribution in [0, 0.1) is 0 Å². The molecule has 1 amide bonds. The molecule has 1 fully saturated rings. The van der Waals surface area contributed by atoms with Gasteiger partial charge in [0.05, 0.1) is 6.42 Å². The normalized spacial score (nSPS) is 14.4. The first kappa shape index (κ1) is 19.0. The topological polar surface area (TPSA) is 78.7 Å². The van der Waals surface area contributed by atoms with Crippen LogP contribution in [0.2, 0.25) is 0 Å². The lowest BCUT2D eigenvalue weighted by molar-refractivity contribution is -0.130. The van der Waals surface area contributed by atoms with Gasteiger partial charge in [-0.3, -0.25) is 4.79 Å². The summed E-state index contributed by atoms with van der Waals surface area (Å²) in [6.07, 6.45) is 1.86. The predicted octanol–water partition coefficient (Wildman–Crippen LogP) is 2.65. The van der Waals surface area contributed by atoms with Gasteiger partial charge in [0, 0.05) is 55.4 Å². The van der Waals surface area contributed by atoms with Crippen molar-refractivity contribution in [2.75, 3.05) is 31.1 Å². The third-order valence-corrected chi connectivity index (χ3v) is 5.53. The molecule has 29 heavy (non-hydrogen) atoms. The molecule has 3 heterocycles. The Morgan fingerprint density at radius 2 is 1.76 bits per heavy atom. The van der Waals surface area contributed by atoms with Gasteiger partial charge >= 0.3 is 5.97 Å². The Morgan fingerprint density at radius 1 is 1.03 bits per heavy atom. The second-order valence-corrected chi connectivity index (χ2v) is 7.13. The molecule has 0 radical (unpaired) electrons. The molecule has 0 spiro atoms. The number of anilines is 1. The standard InChI is InChI=1S/C22H24N4O3/c1-2-26-18-8-4-3-7-16(18)17(21(26)22(28)29)15-20(27)25-13-11-24(12-14-25)19-9-5-6-10-23-19/h3-10H,2,11-15H2,1H3,(H,28,29). The van der Waals surface area contributed by atoms with Gasteiger partial charge in [0.1, 0.15) is 11.5 Å². The summed E-state index contributed by atoms with van der Waals surface area (Å²) >= 11 is 0. The summed E-state index contributed by atoms with van der Waals surface area (Å²) in [4.78, 5) is 33.3. The molecule has 0 saturated carbocycles. The number of nitrogens with zero attached hydrogens (tertiary/aromatic N) is 4. The SMILES string of the molecule is CCn1c(C(=O)O)c(CC(=O)N2CCN(c3ccccn3)CC2)c2ccccc21. The molecular formula is C22H24N4O3. The van der Waals surface area contributed by atoms with Crippen molar-refractivity contribution < 1.29 is 14.7 Å². The molecule has 0 atom stereocenters. The monoisotopic (exact) mass is 392 g/mol. The van der Waals surface area contributed by atoms with Crippen LogP contribution in [0.4, 0.5) is 5.82 Å². The van der Waals surface area contributed by atoms with Gasteiger partial charge in [0.25, 0.3) is 0 Å². The third kappa shape index (κ3) is 3.55. The molecule has 150 valence electrons. The summed E-state index contributed by atoms with van der Waals surface area (Å²) in [5.74, 6) is -0.114. The summed E-state index contributed by atoms with van der Waals surface area (Å²) in [5.41, 5.74) is 1.68. The Hall–Kier alpha value is -3.35. The Bertz CT molecular complexity index is 1040. The molecular weight excluding hydrogens is 368 g/mol. The van der Waals surface area contributed by atoms with Gasteiger partial charge in [-0.2, -0.15) is 0 Å². The number of aromatic carboxylic acids is 1. The predicted molar refractivity (Wildman–Crippen MR) is 111 cm³/mol. The number of fused-ring (bicyclic) bond motifs is 1. The van der Waals surface area contributed by atoms with Gasteiger partial charge in [0.2, 0.25) is 5.91 Å². The number of piperazine rings is 1. The van der Waals surface area contributed by atoms with Crippen LogP contribution in [-0.4, -0.2) is 57.6 Å².